The maximum absolute atomic E-state index is 11.8. The number of carbonyl (C=O) groups is 1. The van der Waals surface area contributed by atoms with Gasteiger partial charge >= 0.3 is 0 Å². The number of amides is 1. The molecule has 2 nitrogen and oxygen atoms in total. The minimum atomic E-state index is -0.246. The van der Waals surface area contributed by atoms with Crippen molar-refractivity contribution >= 4 is 31.2 Å². The number of hydrogen-bond donors (Lipinski definition) is 3. The lowest BCUT2D eigenvalue weighted by Crippen LogP contribution is -2.40. The van der Waals surface area contributed by atoms with E-state index in [1.54, 1.807) is 18.2 Å². The molecule has 0 heterocycles. The molecule has 4 heteroatoms. The first kappa shape index (κ1) is 12.5. The summed E-state index contributed by atoms with van der Waals surface area (Å²) < 4.78 is 0. The summed E-state index contributed by atoms with van der Waals surface area (Å²) in [5, 5.41) is 2.88. The van der Waals surface area contributed by atoms with Crippen LogP contribution in [0.3, 0.4) is 0 Å². The first-order valence-electron chi connectivity index (χ1n) is 4.65. The van der Waals surface area contributed by atoms with Crippen LogP contribution in [0, 0.1) is 0 Å². The average molecular weight is 241 g/mol. The van der Waals surface area contributed by atoms with Gasteiger partial charge in [-0.2, -0.15) is 0 Å². The fourth-order valence-corrected chi connectivity index (χ4v) is 1.58. The minimum absolute atomic E-state index is 0.122. The molecule has 1 N–H and O–H groups in total. The number of thiol groups is 2. The second kappa shape index (κ2) is 4.49. The maximum atomic E-state index is 11.8. The van der Waals surface area contributed by atoms with Crippen molar-refractivity contribution in [3.05, 3.63) is 23.8 Å². The highest BCUT2D eigenvalue weighted by Crippen LogP contribution is 2.22. The molecule has 0 unspecified atom stereocenters. The lowest BCUT2D eigenvalue weighted by Gasteiger charge is -2.21. The lowest BCUT2D eigenvalue weighted by molar-refractivity contribution is 0.0916. The zero-order chi connectivity index (χ0) is 11.6. The molecule has 0 bridgehead atoms. The highest BCUT2D eigenvalue weighted by Gasteiger charge is 2.17. The van der Waals surface area contributed by atoms with Crippen molar-refractivity contribution in [1.82, 2.24) is 5.32 Å². The van der Waals surface area contributed by atoms with Crippen LogP contribution in [0.25, 0.3) is 0 Å². The third-order valence-electron chi connectivity index (χ3n) is 1.75. The SMILES string of the molecule is CC(C)(C)NC(=O)c1cccc(S)c1S. The standard InChI is InChI=1S/C11H15NOS2/c1-11(2,3)12-10(13)7-5-4-6-8(14)9(7)15/h4-6,14-15H,1-3H3,(H,12,13). The van der Waals surface area contributed by atoms with Crippen molar-refractivity contribution in [1.29, 1.82) is 0 Å². The Morgan fingerprint density at radius 3 is 2.40 bits per heavy atom. The van der Waals surface area contributed by atoms with Gasteiger partial charge in [-0.25, -0.2) is 0 Å². The second-order valence-corrected chi connectivity index (χ2v) is 5.31. The van der Waals surface area contributed by atoms with Gasteiger partial charge < -0.3 is 5.32 Å². The predicted octanol–water partition coefficient (Wildman–Crippen LogP) is 2.79. The number of nitrogens with one attached hydrogen (secondary N) is 1. The molecule has 0 aliphatic heterocycles. The van der Waals surface area contributed by atoms with Crippen LogP contribution in [-0.4, -0.2) is 11.4 Å². The van der Waals surface area contributed by atoms with E-state index in [4.69, 9.17) is 0 Å². The lowest BCUT2D eigenvalue weighted by atomic mass is 10.1. The molecule has 0 radical (unpaired) electrons. The normalized spacial score (nSPS) is 11.3. The van der Waals surface area contributed by atoms with E-state index in [1.807, 2.05) is 20.8 Å². The van der Waals surface area contributed by atoms with Gasteiger partial charge in [0.05, 0.1) is 5.56 Å². The smallest absolute Gasteiger partial charge is 0.252 e. The van der Waals surface area contributed by atoms with Crippen molar-refractivity contribution in [2.45, 2.75) is 36.1 Å². The Bertz CT molecular complexity index is 383. The van der Waals surface area contributed by atoms with Crippen LogP contribution in [0.1, 0.15) is 31.1 Å². The van der Waals surface area contributed by atoms with Gasteiger partial charge in [-0.1, -0.05) is 6.07 Å². The summed E-state index contributed by atoms with van der Waals surface area (Å²) in [7, 11) is 0. The van der Waals surface area contributed by atoms with Gasteiger partial charge in [-0.3, -0.25) is 4.79 Å². The molecule has 0 fully saturated rings. The Balaban J connectivity index is 2.97. The molecule has 0 spiro atoms. The molecule has 1 aromatic rings. The van der Waals surface area contributed by atoms with Gasteiger partial charge in [-0.15, -0.1) is 25.3 Å². The van der Waals surface area contributed by atoms with E-state index in [0.717, 1.165) is 0 Å². The number of rotatable bonds is 1. The molecule has 1 amide bonds. The van der Waals surface area contributed by atoms with Gasteiger partial charge in [-0.05, 0) is 32.9 Å². The van der Waals surface area contributed by atoms with Gasteiger partial charge in [0.25, 0.3) is 5.91 Å². The van der Waals surface area contributed by atoms with Crippen LogP contribution in [-0.2, 0) is 0 Å². The zero-order valence-corrected chi connectivity index (χ0v) is 10.8. The third-order valence-corrected chi connectivity index (χ3v) is 2.78. The molecule has 1 aromatic carbocycles. The van der Waals surface area contributed by atoms with E-state index in [2.05, 4.69) is 30.6 Å². The fourth-order valence-electron chi connectivity index (χ4n) is 1.12. The molecule has 0 atom stereocenters. The van der Waals surface area contributed by atoms with Crippen LogP contribution < -0.4 is 5.32 Å². The van der Waals surface area contributed by atoms with Crippen molar-refractivity contribution in [3.8, 4) is 0 Å². The van der Waals surface area contributed by atoms with Crippen molar-refractivity contribution in [3.63, 3.8) is 0 Å². The molecule has 1 rings (SSSR count). The molecular weight excluding hydrogens is 226 g/mol. The monoisotopic (exact) mass is 241 g/mol. The van der Waals surface area contributed by atoms with Crippen LogP contribution in [0.5, 0.6) is 0 Å². The first-order chi connectivity index (χ1) is 6.81. The van der Waals surface area contributed by atoms with Crippen molar-refractivity contribution in [2.24, 2.45) is 0 Å². The Hall–Kier alpha value is -0.610. The zero-order valence-electron chi connectivity index (χ0n) is 9.03. The summed E-state index contributed by atoms with van der Waals surface area (Å²) >= 11 is 8.48. The Morgan fingerprint density at radius 1 is 1.27 bits per heavy atom. The molecule has 0 saturated heterocycles. The number of benzene rings is 1. The molecule has 0 aromatic heterocycles. The molecule has 0 aliphatic rings. The van der Waals surface area contributed by atoms with Crippen LogP contribution in [0.2, 0.25) is 0 Å². The highest BCUT2D eigenvalue weighted by molar-refractivity contribution is 7.83. The summed E-state index contributed by atoms with van der Waals surface area (Å²) in [6, 6.07) is 5.34. The van der Waals surface area contributed by atoms with E-state index in [9.17, 15) is 4.79 Å². The largest absolute Gasteiger partial charge is 0.347 e. The van der Waals surface area contributed by atoms with E-state index in [0.29, 0.717) is 15.4 Å². The predicted molar refractivity (Wildman–Crippen MR) is 68.2 cm³/mol. The molecular formula is C11H15NOS2. The van der Waals surface area contributed by atoms with E-state index in [1.165, 1.54) is 0 Å². The summed E-state index contributed by atoms with van der Waals surface area (Å²) in [6.45, 7) is 5.81. The average Bonchev–Trinajstić information content (AvgIpc) is 2.06. The second-order valence-electron chi connectivity index (χ2n) is 4.38. The molecule has 0 saturated carbocycles. The fraction of sp³-hybridized carbons (Fsp3) is 0.364. The maximum Gasteiger partial charge on any atom is 0.252 e. The molecule has 82 valence electrons. The summed E-state index contributed by atoms with van der Waals surface area (Å²) in [4.78, 5) is 13.2. The summed E-state index contributed by atoms with van der Waals surface area (Å²) in [6.07, 6.45) is 0. The minimum Gasteiger partial charge on any atom is -0.347 e. The third kappa shape index (κ3) is 3.47. The Labute approximate surface area is 101 Å². The van der Waals surface area contributed by atoms with Crippen LogP contribution >= 0.6 is 25.3 Å². The Kier molecular flexibility index (Phi) is 3.73. The van der Waals surface area contributed by atoms with E-state index < -0.39 is 0 Å². The number of hydrogen-bond acceptors (Lipinski definition) is 3. The molecule has 15 heavy (non-hydrogen) atoms. The summed E-state index contributed by atoms with van der Waals surface area (Å²) in [5.74, 6) is -0.122. The van der Waals surface area contributed by atoms with Gasteiger partial charge in [0.2, 0.25) is 0 Å². The van der Waals surface area contributed by atoms with Crippen molar-refractivity contribution in [2.75, 3.05) is 0 Å². The molecule has 0 aliphatic carbocycles. The van der Waals surface area contributed by atoms with Gasteiger partial charge in [0.1, 0.15) is 0 Å². The van der Waals surface area contributed by atoms with Crippen molar-refractivity contribution < 1.29 is 4.79 Å². The van der Waals surface area contributed by atoms with Gasteiger partial charge in [0, 0.05) is 15.3 Å². The van der Waals surface area contributed by atoms with E-state index >= 15 is 0 Å². The quantitative estimate of drug-likeness (QED) is 0.648. The topological polar surface area (TPSA) is 29.1 Å². The highest BCUT2D eigenvalue weighted by atomic mass is 32.1. The Morgan fingerprint density at radius 2 is 1.87 bits per heavy atom. The van der Waals surface area contributed by atoms with Crippen LogP contribution in [0.4, 0.5) is 0 Å². The van der Waals surface area contributed by atoms with Crippen LogP contribution in [0.15, 0.2) is 28.0 Å². The van der Waals surface area contributed by atoms with E-state index in [-0.39, 0.29) is 11.4 Å². The number of carbonyl (C=O) groups excluding carboxylic acids is 1. The van der Waals surface area contributed by atoms with Gasteiger partial charge in [0.15, 0.2) is 0 Å². The first-order valence-corrected chi connectivity index (χ1v) is 5.54. The summed E-state index contributed by atoms with van der Waals surface area (Å²) in [5.41, 5.74) is 0.310.